The molecule has 2 N–H and O–H groups in total. The zero-order chi connectivity index (χ0) is 22.7. The fraction of sp³-hybridized carbons (Fsp3) is 0. The molecule has 4 rings (SSSR count). The Morgan fingerprint density at radius 2 is 1.16 bits per heavy atom. The third-order valence-electron chi connectivity index (χ3n) is 4.53. The van der Waals surface area contributed by atoms with Gasteiger partial charge in [0.1, 0.15) is 11.6 Å². The van der Waals surface area contributed by atoms with Crippen molar-refractivity contribution in [3.05, 3.63) is 104 Å². The lowest BCUT2D eigenvalue weighted by atomic mass is 9.91. The van der Waals surface area contributed by atoms with Crippen LogP contribution in [0.15, 0.2) is 61.2 Å². The number of allylic oxidation sites excluding steroid dienone is 2. The van der Waals surface area contributed by atoms with Gasteiger partial charge in [0.2, 0.25) is 0 Å². The van der Waals surface area contributed by atoms with Gasteiger partial charge in [-0.3, -0.25) is 4.79 Å². The molecule has 0 bridgehead atoms. The van der Waals surface area contributed by atoms with E-state index in [4.69, 9.17) is 46.4 Å². The van der Waals surface area contributed by atoms with Crippen molar-refractivity contribution in [3.8, 4) is 0 Å². The van der Waals surface area contributed by atoms with Gasteiger partial charge in [-0.2, -0.15) is 0 Å². The first-order valence-corrected chi connectivity index (χ1v) is 10.8. The van der Waals surface area contributed by atoms with Gasteiger partial charge in [0.25, 0.3) is 0 Å². The van der Waals surface area contributed by atoms with E-state index in [1.807, 2.05) is 0 Å². The molecule has 0 atom stereocenters. The number of aromatic nitrogens is 4. The Labute approximate surface area is 203 Å². The highest BCUT2D eigenvalue weighted by Gasteiger charge is 2.23. The normalized spacial score (nSPS) is 12.2. The minimum Gasteiger partial charge on any atom is -0.345 e. The first kappa shape index (κ1) is 22.4. The van der Waals surface area contributed by atoms with Crippen molar-refractivity contribution in [2.75, 3.05) is 0 Å². The average molecular weight is 504 g/mol. The van der Waals surface area contributed by atoms with Crippen LogP contribution in [0.5, 0.6) is 0 Å². The summed E-state index contributed by atoms with van der Waals surface area (Å²) >= 11 is 25.1. The number of hydrogen-bond donors (Lipinski definition) is 2. The zero-order valence-electron chi connectivity index (χ0n) is 16.2. The number of Topliss-reactive ketones (excluding diaryl/α,β-unsaturated/α-hetero) is 1. The van der Waals surface area contributed by atoms with E-state index >= 15 is 0 Å². The quantitative estimate of drug-likeness (QED) is 0.275. The second kappa shape index (κ2) is 9.76. The van der Waals surface area contributed by atoms with Gasteiger partial charge in [-0.15, -0.1) is 0 Å². The number of carbonyl (C=O) groups is 1. The van der Waals surface area contributed by atoms with Crippen LogP contribution >= 0.6 is 46.4 Å². The molecule has 0 aliphatic carbocycles. The van der Waals surface area contributed by atoms with Gasteiger partial charge in [-0.25, -0.2) is 9.97 Å². The van der Waals surface area contributed by atoms with Crippen LogP contribution < -0.4 is 0 Å². The van der Waals surface area contributed by atoms with Crippen molar-refractivity contribution < 1.29 is 4.79 Å². The van der Waals surface area contributed by atoms with Gasteiger partial charge >= 0.3 is 0 Å². The number of carbonyl (C=O) groups excluding carboxylic acids is 1. The molecule has 0 unspecified atom stereocenters. The van der Waals surface area contributed by atoms with Crippen molar-refractivity contribution >= 4 is 75.5 Å². The number of benzene rings is 2. The summed E-state index contributed by atoms with van der Waals surface area (Å²) in [5.74, 6) is 0.629. The molecule has 0 aliphatic heterocycles. The van der Waals surface area contributed by atoms with Crippen molar-refractivity contribution in [2.45, 2.75) is 0 Å². The number of rotatable bonds is 6. The average Bonchev–Trinajstić information content (AvgIpc) is 3.45. The molecule has 0 radical (unpaired) electrons. The van der Waals surface area contributed by atoms with E-state index in [1.165, 1.54) is 0 Å². The van der Waals surface area contributed by atoms with E-state index in [0.29, 0.717) is 54.0 Å². The van der Waals surface area contributed by atoms with Gasteiger partial charge in [0.05, 0.1) is 10.0 Å². The summed E-state index contributed by atoms with van der Waals surface area (Å²) in [7, 11) is 0. The smallest absolute Gasteiger partial charge is 0.194 e. The number of aromatic amines is 2. The van der Waals surface area contributed by atoms with E-state index in [1.54, 1.807) is 73.3 Å². The largest absolute Gasteiger partial charge is 0.345 e. The first-order chi connectivity index (χ1) is 15.4. The maximum Gasteiger partial charge on any atom is 0.194 e. The molecular formula is C23H14Cl4N4O. The molecule has 2 aromatic carbocycles. The molecule has 160 valence electrons. The van der Waals surface area contributed by atoms with Crippen LogP contribution in [0.4, 0.5) is 0 Å². The van der Waals surface area contributed by atoms with Crippen LogP contribution in [0.1, 0.15) is 22.8 Å². The lowest BCUT2D eigenvalue weighted by molar-refractivity contribution is -0.108. The highest BCUT2D eigenvalue weighted by Crippen LogP contribution is 2.35. The van der Waals surface area contributed by atoms with Gasteiger partial charge in [-0.1, -0.05) is 58.5 Å². The van der Waals surface area contributed by atoms with Crippen LogP contribution in [0.3, 0.4) is 0 Å². The molecule has 32 heavy (non-hydrogen) atoms. The fourth-order valence-electron chi connectivity index (χ4n) is 3.08. The second-order valence-corrected chi connectivity index (χ2v) is 8.33. The molecule has 5 nitrogen and oxygen atoms in total. The standard InChI is InChI=1S/C23H14Cl4N4O/c24-13-1-3-15(19(26)9-13)17(11-21-28-5-6-29-21)23(32)18(12-22-30-7-8-31-22)16-4-2-14(25)10-20(16)27/h1-12H,(H,28,29)(H,30,31)/b17-11-,18-12-. The first-order valence-electron chi connectivity index (χ1n) is 9.30. The summed E-state index contributed by atoms with van der Waals surface area (Å²) in [5, 5.41) is 1.55. The van der Waals surface area contributed by atoms with Gasteiger partial charge in [-0.05, 0) is 36.4 Å². The highest BCUT2D eigenvalue weighted by molar-refractivity contribution is 6.50. The molecule has 2 heterocycles. The summed E-state index contributed by atoms with van der Waals surface area (Å²) < 4.78 is 0. The minimum absolute atomic E-state index is 0.297. The Morgan fingerprint density at radius 3 is 1.50 bits per heavy atom. The van der Waals surface area contributed by atoms with Crippen LogP contribution in [0.25, 0.3) is 23.3 Å². The van der Waals surface area contributed by atoms with Gasteiger partial charge in [0, 0.05) is 57.1 Å². The number of nitrogens with zero attached hydrogens (tertiary/aromatic N) is 2. The van der Waals surface area contributed by atoms with Crippen molar-refractivity contribution in [1.82, 2.24) is 19.9 Å². The molecule has 0 saturated heterocycles. The van der Waals surface area contributed by atoms with Crippen LogP contribution in [0, 0.1) is 0 Å². The summed E-state index contributed by atoms with van der Waals surface area (Å²) in [6.07, 6.45) is 9.74. The summed E-state index contributed by atoms with van der Waals surface area (Å²) in [6.45, 7) is 0. The molecule has 0 aliphatic rings. The van der Waals surface area contributed by atoms with Crippen LogP contribution in [0.2, 0.25) is 20.1 Å². The monoisotopic (exact) mass is 502 g/mol. The van der Waals surface area contributed by atoms with E-state index < -0.39 is 0 Å². The zero-order valence-corrected chi connectivity index (χ0v) is 19.3. The van der Waals surface area contributed by atoms with E-state index in [-0.39, 0.29) is 5.78 Å². The van der Waals surface area contributed by atoms with E-state index in [0.717, 1.165) is 0 Å². The summed E-state index contributed by atoms with van der Waals surface area (Å²) in [6, 6.07) is 9.85. The molecule has 4 aromatic rings. The number of H-pyrrole nitrogens is 2. The molecule has 0 saturated carbocycles. The van der Waals surface area contributed by atoms with Crippen molar-refractivity contribution in [2.24, 2.45) is 0 Å². The maximum absolute atomic E-state index is 14.0. The molecular weight excluding hydrogens is 490 g/mol. The number of halogens is 4. The van der Waals surface area contributed by atoms with Crippen molar-refractivity contribution in [3.63, 3.8) is 0 Å². The fourth-order valence-corrected chi connectivity index (χ4v) is 4.10. The second-order valence-electron chi connectivity index (χ2n) is 6.64. The van der Waals surface area contributed by atoms with Gasteiger partial charge in [0.15, 0.2) is 5.78 Å². The molecule has 0 amide bonds. The van der Waals surface area contributed by atoms with Crippen LogP contribution in [-0.4, -0.2) is 25.7 Å². The Kier molecular flexibility index (Phi) is 6.82. The van der Waals surface area contributed by atoms with E-state index in [9.17, 15) is 4.79 Å². The Balaban J connectivity index is 1.92. The lowest BCUT2D eigenvalue weighted by Crippen LogP contribution is -2.07. The lowest BCUT2D eigenvalue weighted by Gasteiger charge is -2.14. The SMILES string of the molecule is O=C(/C(=C\c1ncc[nH]1)c1ccc(Cl)cc1Cl)/C(=C\c1ncc[nH]1)c1ccc(Cl)cc1Cl. The Morgan fingerprint density at radius 1 is 0.719 bits per heavy atom. The minimum atomic E-state index is -0.341. The third kappa shape index (κ3) is 4.97. The Bertz CT molecular complexity index is 1220. The number of nitrogens with one attached hydrogen (secondary N) is 2. The predicted octanol–water partition coefficient (Wildman–Crippen LogP) is 7.10. The number of ketones is 1. The molecule has 0 fully saturated rings. The predicted molar refractivity (Wildman–Crippen MR) is 131 cm³/mol. The topological polar surface area (TPSA) is 74.4 Å². The summed E-state index contributed by atoms with van der Waals surface area (Å²) in [4.78, 5) is 28.3. The summed E-state index contributed by atoms with van der Waals surface area (Å²) in [5.41, 5.74) is 1.58. The maximum atomic E-state index is 14.0. The molecule has 2 aromatic heterocycles. The van der Waals surface area contributed by atoms with Crippen molar-refractivity contribution in [1.29, 1.82) is 0 Å². The molecule has 9 heteroatoms. The van der Waals surface area contributed by atoms with Crippen LogP contribution in [-0.2, 0) is 4.79 Å². The van der Waals surface area contributed by atoms with E-state index in [2.05, 4.69) is 19.9 Å². The van der Waals surface area contributed by atoms with Gasteiger partial charge < -0.3 is 9.97 Å². The number of imidazole rings is 2. The third-order valence-corrected chi connectivity index (χ3v) is 5.63. The highest BCUT2D eigenvalue weighted by atomic mass is 35.5. The Hall–Kier alpha value is -2.83. The number of hydrogen-bond acceptors (Lipinski definition) is 3. The molecule has 0 spiro atoms.